The summed E-state index contributed by atoms with van der Waals surface area (Å²) in [4.78, 5) is 0. The average Bonchev–Trinajstić information content (AvgIpc) is 2.32. The molecule has 0 aliphatic carbocycles. The first-order chi connectivity index (χ1) is 8.56. The Morgan fingerprint density at radius 1 is 1.06 bits per heavy atom. The van der Waals surface area contributed by atoms with Crippen LogP contribution in [0.2, 0.25) is 0 Å². The topological polar surface area (TPSA) is 9.23 Å². The van der Waals surface area contributed by atoms with Crippen LogP contribution in [-0.2, 0) is 6.61 Å². The maximum Gasteiger partial charge on any atom is 0.124 e. The summed E-state index contributed by atoms with van der Waals surface area (Å²) in [6.07, 6.45) is 0. The van der Waals surface area contributed by atoms with Gasteiger partial charge in [-0.1, -0.05) is 37.9 Å². The lowest BCUT2D eigenvalue weighted by atomic mass is 10.2. The molecule has 0 heterocycles. The molecule has 2 aromatic carbocycles. The smallest absolute Gasteiger partial charge is 0.124 e. The molecule has 0 aliphatic heterocycles. The van der Waals surface area contributed by atoms with Gasteiger partial charge in [-0.25, -0.2) is 4.39 Å². The average molecular weight is 374 g/mol. The Kier molecular flexibility index (Phi) is 4.40. The molecular formula is C14H11Br2FO. The molecule has 4 heteroatoms. The van der Waals surface area contributed by atoms with Gasteiger partial charge in [-0.2, -0.15) is 0 Å². The quantitative estimate of drug-likeness (QED) is 0.714. The molecule has 2 rings (SSSR count). The zero-order valence-electron chi connectivity index (χ0n) is 9.71. The molecule has 0 radical (unpaired) electrons. The lowest BCUT2D eigenvalue weighted by Crippen LogP contribution is -1.97. The number of hydrogen-bond acceptors (Lipinski definition) is 1. The zero-order valence-corrected chi connectivity index (χ0v) is 12.9. The summed E-state index contributed by atoms with van der Waals surface area (Å²) in [5.74, 6) is 0.539. The number of halogens is 3. The van der Waals surface area contributed by atoms with Crippen molar-refractivity contribution in [2.24, 2.45) is 0 Å². The van der Waals surface area contributed by atoms with Gasteiger partial charge in [0.25, 0.3) is 0 Å². The van der Waals surface area contributed by atoms with Crippen LogP contribution in [0.5, 0.6) is 5.75 Å². The molecule has 2 aromatic rings. The van der Waals surface area contributed by atoms with Gasteiger partial charge in [0.2, 0.25) is 0 Å². The first-order valence-corrected chi connectivity index (χ1v) is 6.98. The maximum atomic E-state index is 12.9. The van der Waals surface area contributed by atoms with Crippen molar-refractivity contribution >= 4 is 31.9 Å². The molecule has 18 heavy (non-hydrogen) atoms. The molecule has 1 nitrogen and oxygen atoms in total. The van der Waals surface area contributed by atoms with Crippen molar-refractivity contribution in [1.82, 2.24) is 0 Å². The normalized spacial score (nSPS) is 10.4. The van der Waals surface area contributed by atoms with E-state index >= 15 is 0 Å². The van der Waals surface area contributed by atoms with Crippen LogP contribution in [0.4, 0.5) is 4.39 Å². The van der Waals surface area contributed by atoms with Crippen molar-refractivity contribution in [2.45, 2.75) is 13.5 Å². The van der Waals surface area contributed by atoms with Gasteiger partial charge >= 0.3 is 0 Å². The molecule has 0 N–H and O–H groups in total. The van der Waals surface area contributed by atoms with Crippen LogP contribution < -0.4 is 4.74 Å². The third kappa shape index (κ3) is 3.33. The van der Waals surface area contributed by atoms with Crippen molar-refractivity contribution in [3.63, 3.8) is 0 Å². The van der Waals surface area contributed by atoms with E-state index in [0.717, 1.165) is 25.8 Å². The zero-order chi connectivity index (χ0) is 13.1. The van der Waals surface area contributed by atoms with Crippen LogP contribution in [0.25, 0.3) is 0 Å². The van der Waals surface area contributed by atoms with Gasteiger partial charge in [-0.15, -0.1) is 0 Å². The summed E-state index contributed by atoms with van der Waals surface area (Å²) < 4.78 is 20.4. The Bertz CT molecular complexity index is 570. The first kappa shape index (κ1) is 13.6. The molecule has 0 fully saturated rings. The highest BCUT2D eigenvalue weighted by atomic mass is 79.9. The maximum absolute atomic E-state index is 12.9. The number of ether oxygens (including phenoxy) is 1. The number of rotatable bonds is 3. The number of benzene rings is 2. The molecule has 94 valence electrons. The predicted molar refractivity (Wildman–Crippen MR) is 77.3 cm³/mol. The Labute approximate surface area is 122 Å². The molecule has 0 aliphatic rings. The first-order valence-electron chi connectivity index (χ1n) is 5.39. The molecule has 0 spiro atoms. The van der Waals surface area contributed by atoms with Crippen LogP contribution in [0.15, 0.2) is 45.3 Å². The summed E-state index contributed by atoms with van der Waals surface area (Å²) in [5, 5.41) is 0. The fourth-order valence-electron chi connectivity index (χ4n) is 1.51. The van der Waals surface area contributed by atoms with Crippen LogP contribution in [-0.4, -0.2) is 0 Å². The lowest BCUT2D eigenvalue weighted by Gasteiger charge is -2.09. The van der Waals surface area contributed by atoms with Gasteiger partial charge in [0, 0.05) is 14.5 Å². The largest absolute Gasteiger partial charge is 0.489 e. The van der Waals surface area contributed by atoms with Gasteiger partial charge in [0.05, 0.1) is 0 Å². The van der Waals surface area contributed by atoms with Crippen molar-refractivity contribution in [1.29, 1.82) is 0 Å². The Balaban J connectivity index is 2.09. The molecule has 0 atom stereocenters. The second-order valence-electron chi connectivity index (χ2n) is 3.94. The minimum atomic E-state index is -0.259. The second kappa shape index (κ2) is 5.85. The number of aryl methyl sites for hydroxylation is 1. The highest BCUT2D eigenvalue weighted by Crippen LogP contribution is 2.24. The van der Waals surface area contributed by atoms with Crippen molar-refractivity contribution in [3.8, 4) is 5.75 Å². The van der Waals surface area contributed by atoms with E-state index < -0.39 is 0 Å². The molecule has 0 bridgehead atoms. The molecular weight excluding hydrogens is 363 g/mol. The monoisotopic (exact) mass is 372 g/mol. The summed E-state index contributed by atoms with van der Waals surface area (Å²) in [6.45, 7) is 2.41. The summed E-state index contributed by atoms with van der Waals surface area (Å²) in [7, 11) is 0. The molecule has 0 aromatic heterocycles. The summed E-state index contributed by atoms with van der Waals surface area (Å²) in [5.41, 5.74) is 2.03. The molecule has 0 amide bonds. The highest BCUT2D eigenvalue weighted by Gasteiger charge is 2.03. The molecule has 0 saturated carbocycles. The van der Waals surface area contributed by atoms with Gasteiger partial charge in [0.1, 0.15) is 18.2 Å². The molecule has 0 saturated heterocycles. The van der Waals surface area contributed by atoms with E-state index in [1.807, 2.05) is 25.1 Å². The van der Waals surface area contributed by atoms with Gasteiger partial charge in [-0.05, 0) is 42.8 Å². The van der Waals surface area contributed by atoms with Crippen LogP contribution >= 0.6 is 31.9 Å². The van der Waals surface area contributed by atoms with Crippen molar-refractivity contribution in [3.05, 3.63) is 62.3 Å². The van der Waals surface area contributed by atoms with Crippen LogP contribution in [0, 0.1) is 12.7 Å². The van der Waals surface area contributed by atoms with E-state index in [4.69, 9.17) is 4.74 Å². The van der Waals surface area contributed by atoms with E-state index in [1.54, 1.807) is 6.07 Å². The minimum Gasteiger partial charge on any atom is -0.489 e. The third-order valence-electron chi connectivity index (χ3n) is 2.54. The Morgan fingerprint density at radius 2 is 1.83 bits per heavy atom. The SMILES string of the molecule is Cc1cc(OCc2ccc(F)cc2Br)ccc1Br. The Hall–Kier alpha value is -0.870. The molecule has 0 unspecified atom stereocenters. The van der Waals surface area contributed by atoms with Crippen LogP contribution in [0.3, 0.4) is 0 Å². The van der Waals surface area contributed by atoms with E-state index in [9.17, 15) is 4.39 Å². The highest BCUT2D eigenvalue weighted by molar-refractivity contribution is 9.10. The van der Waals surface area contributed by atoms with Gasteiger partial charge in [0.15, 0.2) is 0 Å². The summed E-state index contributed by atoms with van der Waals surface area (Å²) >= 11 is 6.76. The Morgan fingerprint density at radius 3 is 2.50 bits per heavy atom. The van der Waals surface area contributed by atoms with Gasteiger partial charge < -0.3 is 4.74 Å². The standard InChI is InChI=1S/C14H11Br2FO/c1-9-6-12(4-5-13(9)15)18-8-10-2-3-11(17)7-14(10)16/h2-7H,8H2,1H3. The predicted octanol–water partition coefficient (Wildman–Crippen LogP) is 5.24. The lowest BCUT2D eigenvalue weighted by molar-refractivity contribution is 0.305. The van der Waals surface area contributed by atoms with E-state index in [-0.39, 0.29) is 5.82 Å². The van der Waals surface area contributed by atoms with E-state index in [1.165, 1.54) is 12.1 Å². The minimum absolute atomic E-state index is 0.259. The van der Waals surface area contributed by atoms with E-state index in [0.29, 0.717) is 6.61 Å². The van der Waals surface area contributed by atoms with E-state index in [2.05, 4.69) is 31.9 Å². The van der Waals surface area contributed by atoms with Gasteiger partial charge in [-0.3, -0.25) is 0 Å². The van der Waals surface area contributed by atoms with Crippen LogP contribution in [0.1, 0.15) is 11.1 Å². The second-order valence-corrected chi connectivity index (χ2v) is 5.64. The fraction of sp³-hybridized carbons (Fsp3) is 0.143. The number of hydrogen-bond donors (Lipinski definition) is 0. The van der Waals surface area contributed by atoms with Crippen molar-refractivity contribution < 1.29 is 9.13 Å². The summed E-state index contributed by atoms with van der Waals surface area (Å²) in [6, 6.07) is 10.4. The fourth-order valence-corrected chi connectivity index (χ4v) is 2.22. The third-order valence-corrected chi connectivity index (χ3v) is 4.17. The van der Waals surface area contributed by atoms with Crippen molar-refractivity contribution in [2.75, 3.05) is 0 Å².